The van der Waals surface area contributed by atoms with Gasteiger partial charge in [-0.25, -0.2) is 0 Å². The summed E-state index contributed by atoms with van der Waals surface area (Å²) in [6, 6.07) is 0. The molecule has 2 saturated carbocycles. The summed E-state index contributed by atoms with van der Waals surface area (Å²) in [6.45, 7) is 9.47. The average Bonchev–Trinajstić information content (AvgIpc) is 2.76. The van der Waals surface area contributed by atoms with Crippen LogP contribution in [0.5, 0.6) is 0 Å². The molecule has 0 bridgehead atoms. The van der Waals surface area contributed by atoms with Gasteiger partial charge in [0.25, 0.3) is 0 Å². The Labute approximate surface area is 134 Å². The summed E-state index contributed by atoms with van der Waals surface area (Å²) in [4.78, 5) is 13.0. The van der Waals surface area contributed by atoms with Crippen molar-refractivity contribution >= 4 is 5.78 Å². The molecule has 3 aliphatic rings. The third-order valence-electron chi connectivity index (χ3n) is 6.31. The lowest BCUT2D eigenvalue weighted by molar-refractivity contribution is -0.131. The van der Waals surface area contributed by atoms with Gasteiger partial charge >= 0.3 is 0 Å². The van der Waals surface area contributed by atoms with Gasteiger partial charge in [0.1, 0.15) is 5.78 Å². The Balaban J connectivity index is 1.96. The summed E-state index contributed by atoms with van der Waals surface area (Å²) in [6.07, 6.45) is 6.56. The molecule has 0 spiro atoms. The lowest BCUT2D eigenvalue weighted by atomic mass is 9.53. The highest BCUT2D eigenvalue weighted by Crippen LogP contribution is 2.56. The number of hydrogen-bond donors (Lipinski definition) is 1. The Hall–Kier alpha value is -0.670. The topological polar surface area (TPSA) is 46.5 Å². The van der Waals surface area contributed by atoms with Crippen molar-refractivity contribution < 1.29 is 14.6 Å². The van der Waals surface area contributed by atoms with E-state index in [0.29, 0.717) is 24.2 Å². The van der Waals surface area contributed by atoms with Crippen molar-refractivity contribution in [2.45, 2.75) is 66.1 Å². The minimum atomic E-state index is -0.730. The predicted octanol–water partition coefficient (Wildman–Crippen LogP) is 3.71. The number of aliphatic hydroxyl groups is 1. The second kappa shape index (κ2) is 5.45. The van der Waals surface area contributed by atoms with Crippen molar-refractivity contribution in [3.05, 3.63) is 11.6 Å². The fraction of sp³-hybridized carbons (Fsp3) is 0.842. The SMILES string of the molecule is C/C=C1\[C@H]2[C@H](CO[C@@H]2O)CC(=O)[C@@H]1[C@@]1(C)CCCC(C)(C)C1. The predicted molar refractivity (Wildman–Crippen MR) is 86.2 cm³/mol. The minimum Gasteiger partial charge on any atom is -0.367 e. The molecule has 0 aromatic heterocycles. The fourth-order valence-electron chi connectivity index (χ4n) is 5.68. The van der Waals surface area contributed by atoms with Crippen molar-refractivity contribution in [2.24, 2.45) is 28.6 Å². The lowest BCUT2D eigenvalue weighted by Gasteiger charge is -2.50. The Morgan fingerprint density at radius 2 is 2.00 bits per heavy atom. The fourth-order valence-corrected chi connectivity index (χ4v) is 5.68. The van der Waals surface area contributed by atoms with E-state index in [0.717, 1.165) is 18.4 Å². The molecule has 1 saturated heterocycles. The van der Waals surface area contributed by atoms with Crippen LogP contribution in [0.15, 0.2) is 11.6 Å². The van der Waals surface area contributed by atoms with E-state index in [2.05, 4.69) is 26.8 Å². The third kappa shape index (κ3) is 2.56. The summed E-state index contributed by atoms with van der Waals surface area (Å²) < 4.78 is 5.45. The Morgan fingerprint density at radius 3 is 2.64 bits per heavy atom. The molecule has 3 fully saturated rings. The second-order valence-corrected chi connectivity index (χ2v) is 8.75. The molecule has 22 heavy (non-hydrogen) atoms. The summed E-state index contributed by atoms with van der Waals surface area (Å²) in [5, 5.41) is 10.2. The molecule has 0 radical (unpaired) electrons. The standard InChI is InChI=1S/C19H30O3/c1-5-13-15-12(10-22-17(15)21)9-14(20)16(13)19(4)8-6-7-18(2,3)11-19/h5,12,15-17,21H,6-11H2,1-4H3/b13-5+/t12-,15+,16+,17-,19-/m0/s1. The Bertz CT molecular complexity index is 493. The van der Waals surface area contributed by atoms with Crippen molar-refractivity contribution in [3.8, 4) is 0 Å². The quantitative estimate of drug-likeness (QED) is 0.751. The van der Waals surface area contributed by atoms with Gasteiger partial charge in [-0.3, -0.25) is 4.79 Å². The number of allylic oxidation sites excluding steroid dienone is 1. The van der Waals surface area contributed by atoms with Crippen LogP contribution in [0, 0.1) is 28.6 Å². The maximum absolute atomic E-state index is 13.0. The van der Waals surface area contributed by atoms with Gasteiger partial charge in [-0.15, -0.1) is 0 Å². The minimum absolute atomic E-state index is 0.0218. The first-order chi connectivity index (χ1) is 10.3. The first kappa shape index (κ1) is 16.2. The van der Waals surface area contributed by atoms with Gasteiger partial charge in [0.05, 0.1) is 6.61 Å². The molecule has 124 valence electrons. The number of carbonyl (C=O) groups is 1. The van der Waals surface area contributed by atoms with Gasteiger partial charge in [0.15, 0.2) is 6.29 Å². The zero-order chi connectivity index (χ0) is 16.1. The van der Waals surface area contributed by atoms with E-state index < -0.39 is 6.29 Å². The normalized spacial score (nSPS) is 46.8. The van der Waals surface area contributed by atoms with Crippen molar-refractivity contribution in [3.63, 3.8) is 0 Å². The van der Waals surface area contributed by atoms with Crippen molar-refractivity contribution in [2.75, 3.05) is 6.61 Å². The van der Waals surface area contributed by atoms with Crippen LogP contribution in [-0.2, 0) is 9.53 Å². The second-order valence-electron chi connectivity index (χ2n) is 8.75. The maximum Gasteiger partial charge on any atom is 0.161 e. The summed E-state index contributed by atoms with van der Waals surface area (Å²) in [5.41, 5.74) is 1.47. The lowest BCUT2D eigenvalue weighted by Crippen LogP contribution is -2.47. The number of Topliss-reactive ketones (excluding diaryl/α,β-unsaturated/α-hetero) is 1. The Morgan fingerprint density at radius 1 is 1.27 bits per heavy atom. The molecule has 2 aliphatic carbocycles. The monoisotopic (exact) mass is 306 g/mol. The smallest absolute Gasteiger partial charge is 0.161 e. The van der Waals surface area contributed by atoms with E-state index in [1.807, 2.05) is 6.92 Å². The van der Waals surface area contributed by atoms with E-state index in [9.17, 15) is 9.90 Å². The highest BCUT2D eigenvalue weighted by atomic mass is 16.6. The number of hydrogen-bond acceptors (Lipinski definition) is 3. The van der Waals surface area contributed by atoms with E-state index >= 15 is 0 Å². The summed E-state index contributed by atoms with van der Waals surface area (Å²) in [5.74, 6) is 0.529. The number of ketones is 1. The van der Waals surface area contributed by atoms with Gasteiger partial charge in [0, 0.05) is 24.2 Å². The van der Waals surface area contributed by atoms with Gasteiger partial charge in [0.2, 0.25) is 0 Å². The van der Waals surface area contributed by atoms with Crippen LogP contribution >= 0.6 is 0 Å². The van der Waals surface area contributed by atoms with E-state index in [-0.39, 0.29) is 23.2 Å². The van der Waals surface area contributed by atoms with Crippen LogP contribution in [0.3, 0.4) is 0 Å². The third-order valence-corrected chi connectivity index (χ3v) is 6.31. The van der Waals surface area contributed by atoms with Crippen LogP contribution in [-0.4, -0.2) is 23.8 Å². The summed E-state index contributed by atoms with van der Waals surface area (Å²) in [7, 11) is 0. The van der Waals surface area contributed by atoms with Crippen LogP contribution < -0.4 is 0 Å². The number of ether oxygens (including phenoxy) is 1. The molecule has 1 N–H and O–H groups in total. The molecule has 3 rings (SSSR count). The van der Waals surface area contributed by atoms with Gasteiger partial charge < -0.3 is 9.84 Å². The van der Waals surface area contributed by atoms with Gasteiger partial charge in [-0.05, 0) is 37.0 Å². The molecule has 5 atom stereocenters. The van der Waals surface area contributed by atoms with Crippen molar-refractivity contribution in [1.82, 2.24) is 0 Å². The molecule has 1 heterocycles. The molecule has 3 nitrogen and oxygen atoms in total. The van der Waals surface area contributed by atoms with Crippen molar-refractivity contribution in [1.29, 1.82) is 0 Å². The molecular weight excluding hydrogens is 276 g/mol. The van der Waals surface area contributed by atoms with Gasteiger partial charge in [-0.2, -0.15) is 0 Å². The van der Waals surface area contributed by atoms with E-state index in [1.54, 1.807) is 0 Å². The molecule has 0 aromatic rings. The number of rotatable bonds is 1. The van der Waals surface area contributed by atoms with Crippen LogP contribution in [0.25, 0.3) is 0 Å². The molecule has 0 aromatic carbocycles. The zero-order valence-corrected chi connectivity index (χ0v) is 14.4. The first-order valence-electron chi connectivity index (χ1n) is 8.76. The molecule has 0 amide bonds. The number of fused-ring (bicyclic) bond motifs is 1. The van der Waals surface area contributed by atoms with Crippen LogP contribution in [0.1, 0.15) is 59.8 Å². The molecule has 0 unspecified atom stereocenters. The van der Waals surface area contributed by atoms with Crippen LogP contribution in [0.2, 0.25) is 0 Å². The summed E-state index contributed by atoms with van der Waals surface area (Å²) >= 11 is 0. The number of aliphatic hydroxyl groups excluding tert-OH is 1. The molecule has 3 heteroatoms. The van der Waals surface area contributed by atoms with Crippen LogP contribution in [0.4, 0.5) is 0 Å². The zero-order valence-electron chi connectivity index (χ0n) is 14.4. The van der Waals surface area contributed by atoms with E-state index in [1.165, 1.54) is 12.8 Å². The maximum atomic E-state index is 13.0. The Kier molecular flexibility index (Phi) is 4.01. The highest BCUT2D eigenvalue weighted by Gasteiger charge is 2.54. The molecule has 1 aliphatic heterocycles. The average molecular weight is 306 g/mol. The largest absolute Gasteiger partial charge is 0.367 e. The van der Waals surface area contributed by atoms with E-state index in [4.69, 9.17) is 4.74 Å². The molecular formula is C19H30O3. The number of carbonyl (C=O) groups excluding carboxylic acids is 1. The van der Waals surface area contributed by atoms with Gasteiger partial charge in [-0.1, -0.05) is 38.8 Å². The first-order valence-corrected chi connectivity index (χ1v) is 8.76. The highest BCUT2D eigenvalue weighted by molar-refractivity contribution is 5.86.